The second-order valence-electron chi connectivity index (χ2n) is 6.07. The van der Waals surface area contributed by atoms with Crippen LogP contribution in [0.4, 0.5) is 18.9 Å². The van der Waals surface area contributed by atoms with E-state index in [1.807, 2.05) is 24.3 Å². The Kier molecular flexibility index (Phi) is 5.08. The average Bonchev–Trinajstić information content (AvgIpc) is 3.01. The van der Waals surface area contributed by atoms with E-state index >= 15 is 0 Å². The van der Waals surface area contributed by atoms with Gasteiger partial charge in [0.1, 0.15) is 0 Å². The third-order valence-corrected chi connectivity index (χ3v) is 4.29. The molecule has 0 saturated carbocycles. The molecule has 0 radical (unpaired) electrons. The molecule has 3 rings (SSSR count). The molecule has 1 aliphatic heterocycles. The number of benzene rings is 2. The Morgan fingerprint density at radius 1 is 1.00 bits per heavy atom. The van der Waals surface area contributed by atoms with Crippen LogP contribution >= 0.6 is 0 Å². The number of carbonyl (C=O) groups excluding carboxylic acids is 1. The number of nitrogens with one attached hydrogen (secondary N) is 1. The molecule has 1 fully saturated rings. The summed E-state index contributed by atoms with van der Waals surface area (Å²) in [5, 5.41) is 3.05. The van der Waals surface area contributed by atoms with Crippen LogP contribution in [0.15, 0.2) is 48.5 Å². The van der Waals surface area contributed by atoms with Gasteiger partial charge in [0, 0.05) is 31.7 Å². The van der Waals surface area contributed by atoms with Crippen LogP contribution in [0.2, 0.25) is 0 Å². The Labute approximate surface area is 144 Å². The smallest absolute Gasteiger partial charge is 0.312 e. The van der Waals surface area contributed by atoms with Gasteiger partial charge in [-0.3, -0.25) is 4.79 Å². The number of alkyl halides is 3. The summed E-state index contributed by atoms with van der Waals surface area (Å²) < 4.78 is 38.9. The van der Waals surface area contributed by atoms with Gasteiger partial charge >= 0.3 is 6.18 Å². The third-order valence-electron chi connectivity index (χ3n) is 4.29. The maximum atomic E-state index is 13.0. The minimum atomic E-state index is -4.35. The number of rotatable bonds is 5. The SMILES string of the molecule is O=C1CCCN1c1ccc(CNCc2ccccc2C(F)(F)F)cc1. The topological polar surface area (TPSA) is 32.3 Å². The monoisotopic (exact) mass is 348 g/mol. The molecular weight excluding hydrogens is 329 g/mol. The highest BCUT2D eigenvalue weighted by Crippen LogP contribution is 2.31. The van der Waals surface area contributed by atoms with Crippen molar-refractivity contribution in [2.75, 3.05) is 11.4 Å². The fourth-order valence-corrected chi connectivity index (χ4v) is 3.01. The number of amides is 1. The molecule has 6 heteroatoms. The Balaban J connectivity index is 1.59. The number of hydrogen-bond acceptors (Lipinski definition) is 2. The summed E-state index contributed by atoms with van der Waals surface area (Å²) in [6.07, 6.45) is -2.88. The second-order valence-corrected chi connectivity index (χ2v) is 6.07. The minimum Gasteiger partial charge on any atom is -0.312 e. The molecule has 1 N–H and O–H groups in total. The van der Waals surface area contributed by atoms with E-state index in [1.54, 1.807) is 11.0 Å². The number of carbonyl (C=O) groups is 1. The standard InChI is InChI=1S/C19H19F3N2O/c20-19(21,22)17-5-2-1-4-15(17)13-23-12-14-7-9-16(10-8-14)24-11-3-6-18(24)25/h1-2,4-5,7-10,23H,3,6,11-13H2. The molecule has 1 heterocycles. The molecule has 3 nitrogen and oxygen atoms in total. The second kappa shape index (κ2) is 7.27. The lowest BCUT2D eigenvalue weighted by Crippen LogP contribution is -2.23. The van der Waals surface area contributed by atoms with Crippen LogP contribution in [0.1, 0.15) is 29.5 Å². The molecule has 1 amide bonds. The first-order valence-corrected chi connectivity index (χ1v) is 8.20. The van der Waals surface area contributed by atoms with Crippen molar-refractivity contribution in [3.8, 4) is 0 Å². The maximum absolute atomic E-state index is 13.0. The van der Waals surface area contributed by atoms with E-state index in [0.29, 0.717) is 13.0 Å². The number of anilines is 1. The minimum absolute atomic E-state index is 0.134. The zero-order valence-electron chi connectivity index (χ0n) is 13.6. The maximum Gasteiger partial charge on any atom is 0.416 e. The Hall–Kier alpha value is -2.34. The van der Waals surface area contributed by atoms with Crippen LogP contribution < -0.4 is 10.2 Å². The van der Waals surface area contributed by atoms with Crippen LogP contribution in [0.25, 0.3) is 0 Å². The largest absolute Gasteiger partial charge is 0.416 e. The summed E-state index contributed by atoms with van der Waals surface area (Å²) >= 11 is 0. The molecule has 1 aliphatic rings. The highest BCUT2D eigenvalue weighted by Gasteiger charge is 2.32. The molecule has 0 aromatic heterocycles. The molecule has 0 spiro atoms. The van der Waals surface area contributed by atoms with Gasteiger partial charge in [0.25, 0.3) is 0 Å². The summed E-state index contributed by atoms with van der Waals surface area (Å²) in [7, 11) is 0. The fraction of sp³-hybridized carbons (Fsp3) is 0.316. The van der Waals surface area contributed by atoms with Crippen LogP contribution in [0, 0.1) is 0 Å². The normalized spacial score (nSPS) is 15.0. The van der Waals surface area contributed by atoms with Crippen molar-refractivity contribution < 1.29 is 18.0 Å². The number of nitrogens with zero attached hydrogens (tertiary/aromatic N) is 1. The van der Waals surface area contributed by atoms with Crippen LogP contribution in [-0.2, 0) is 24.1 Å². The number of hydrogen-bond donors (Lipinski definition) is 1. The predicted octanol–water partition coefficient (Wildman–Crippen LogP) is 4.12. The first-order valence-electron chi connectivity index (χ1n) is 8.20. The lowest BCUT2D eigenvalue weighted by Gasteiger charge is -2.16. The Morgan fingerprint density at radius 3 is 2.36 bits per heavy atom. The van der Waals surface area contributed by atoms with Gasteiger partial charge in [-0.05, 0) is 35.7 Å². The van der Waals surface area contributed by atoms with Gasteiger partial charge in [-0.1, -0.05) is 30.3 Å². The van der Waals surface area contributed by atoms with Crippen molar-refractivity contribution in [1.29, 1.82) is 0 Å². The first-order chi connectivity index (χ1) is 11.9. The fourth-order valence-electron chi connectivity index (χ4n) is 3.01. The zero-order chi connectivity index (χ0) is 17.9. The van der Waals surface area contributed by atoms with E-state index in [9.17, 15) is 18.0 Å². The summed E-state index contributed by atoms with van der Waals surface area (Å²) in [5.41, 5.74) is 1.45. The highest BCUT2D eigenvalue weighted by molar-refractivity contribution is 5.95. The van der Waals surface area contributed by atoms with Crippen LogP contribution in [0.3, 0.4) is 0 Å². The van der Waals surface area contributed by atoms with Gasteiger partial charge in [0.15, 0.2) is 0 Å². The molecule has 0 atom stereocenters. The molecule has 2 aromatic carbocycles. The van der Waals surface area contributed by atoms with Gasteiger partial charge in [-0.25, -0.2) is 0 Å². The van der Waals surface area contributed by atoms with Crippen molar-refractivity contribution in [3.05, 3.63) is 65.2 Å². The summed E-state index contributed by atoms with van der Waals surface area (Å²) in [6.45, 7) is 1.34. The third kappa shape index (κ3) is 4.20. The van der Waals surface area contributed by atoms with Crippen molar-refractivity contribution >= 4 is 11.6 Å². The van der Waals surface area contributed by atoms with Gasteiger partial charge < -0.3 is 10.2 Å². The van der Waals surface area contributed by atoms with E-state index < -0.39 is 11.7 Å². The molecule has 0 unspecified atom stereocenters. The molecular formula is C19H19F3N2O. The molecule has 2 aromatic rings. The lowest BCUT2D eigenvalue weighted by atomic mass is 10.1. The zero-order valence-corrected chi connectivity index (χ0v) is 13.6. The quantitative estimate of drug-likeness (QED) is 0.881. The Morgan fingerprint density at radius 2 is 1.72 bits per heavy atom. The van der Waals surface area contributed by atoms with E-state index in [2.05, 4.69) is 5.32 Å². The van der Waals surface area contributed by atoms with Gasteiger partial charge in [-0.15, -0.1) is 0 Å². The summed E-state index contributed by atoms with van der Waals surface area (Å²) in [6, 6.07) is 13.1. The molecule has 0 aliphatic carbocycles. The molecule has 132 valence electrons. The van der Waals surface area contributed by atoms with Gasteiger partial charge in [0.05, 0.1) is 5.56 Å². The van der Waals surface area contributed by atoms with E-state index in [1.165, 1.54) is 12.1 Å². The molecule has 1 saturated heterocycles. The summed E-state index contributed by atoms with van der Waals surface area (Å²) in [5.74, 6) is 0.134. The van der Waals surface area contributed by atoms with Crippen LogP contribution in [-0.4, -0.2) is 12.5 Å². The average molecular weight is 348 g/mol. The van der Waals surface area contributed by atoms with Crippen molar-refractivity contribution in [2.24, 2.45) is 0 Å². The van der Waals surface area contributed by atoms with Crippen molar-refractivity contribution in [3.63, 3.8) is 0 Å². The van der Waals surface area contributed by atoms with Crippen molar-refractivity contribution in [1.82, 2.24) is 5.32 Å². The van der Waals surface area contributed by atoms with Crippen LogP contribution in [0.5, 0.6) is 0 Å². The van der Waals surface area contributed by atoms with E-state index in [0.717, 1.165) is 30.3 Å². The molecule has 25 heavy (non-hydrogen) atoms. The number of halogens is 3. The first kappa shape index (κ1) is 17.5. The summed E-state index contributed by atoms with van der Waals surface area (Å²) in [4.78, 5) is 13.5. The highest BCUT2D eigenvalue weighted by atomic mass is 19.4. The lowest BCUT2D eigenvalue weighted by molar-refractivity contribution is -0.138. The Bertz CT molecular complexity index is 741. The van der Waals surface area contributed by atoms with Gasteiger partial charge in [0.2, 0.25) is 5.91 Å². The van der Waals surface area contributed by atoms with Crippen molar-refractivity contribution in [2.45, 2.75) is 32.1 Å². The van der Waals surface area contributed by atoms with Gasteiger partial charge in [-0.2, -0.15) is 13.2 Å². The molecule has 0 bridgehead atoms. The van der Waals surface area contributed by atoms with E-state index in [-0.39, 0.29) is 18.0 Å². The van der Waals surface area contributed by atoms with E-state index in [4.69, 9.17) is 0 Å². The predicted molar refractivity (Wildman–Crippen MR) is 90.0 cm³/mol.